The van der Waals surface area contributed by atoms with E-state index < -0.39 is 97.8 Å². The average Bonchev–Trinajstić information content (AvgIpc) is 3.94. The Morgan fingerprint density at radius 3 is 2.44 bits per heavy atom. The molecule has 0 bridgehead atoms. The molecule has 54 heavy (non-hydrogen) atoms. The zero-order valence-electron chi connectivity index (χ0n) is 27.9. The topological polar surface area (TPSA) is 152 Å². The molecule has 2 saturated carbocycles. The van der Waals surface area contributed by atoms with Gasteiger partial charge < -0.3 is 5.32 Å². The molecule has 5 aromatic rings. The number of alkyl halides is 4. The Kier molecular flexibility index (Phi) is 8.17. The third-order valence-corrected chi connectivity index (χ3v) is 12.5. The molecular formula is C35H28F7N7O4S. The van der Waals surface area contributed by atoms with Crippen LogP contribution in [0.5, 0.6) is 0 Å². The summed E-state index contributed by atoms with van der Waals surface area (Å²) in [7, 11) is -4.16. The molecule has 0 radical (unpaired) electrons. The lowest BCUT2D eigenvalue weighted by Crippen LogP contribution is -2.38. The molecular weight excluding hydrogens is 747 g/mol. The summed E-state index contributed by atoms with van der Waals surface area (Å²) in [5.74, 6) is -10.7. The maximum atomic E-state index is 15.3. The number of nitrogens with zero attached hydrogens (tertiary/aromatic N) is 4. The maximum absolute atomic E-state index is 15.3. The molecule has 11 nitrogen and oxygen atoms in total. The minimum absolute atomic E-state index is 0.0107. The number of aromatic nitrogens is 5. The number of fused-ring (bicyclic) bond motifs is 4. The van der Waals surface area contributed by atoms with E-state index in [-0.39, 0.29) is 46.3 Å². The lowest BCUT2D eigenvalue weighted by atomic mass is 9.94. The van der Waals surface area contributed by atoms with Crippen molar-refractivity contribution in [1.29, 1.82) is 0 Å². The second kappa shape index (κ2) is 12.4. The minimum atomic E-state index is -4.16. The van der Waals surface area contributed by atoms with E-state index in [1.165, 1.54) is 25.3 Å². The van der Waals surface area contributed by atoms with Gasteiger partial charge in [0.15, 0.2) is 0 Å². The third-order valence-electron chi connectivity index (χ3n) is 10.3. The number of rotatable bonds is 11. The highest BCUT2D eigenvalue weighted by Gasteiger charge is 2.67. The van der Waals surface area contributed by atoms with Gasteiger partial charge in [0.2, 0.25) is 15.9 Å². The number of hydrogen-bond acceptors (Lipinski definition) is 7. The molecule has 3 aliphatic carbocycles. The van der Waals surface area contributed by atoms with E-state index in [0.29, 0.717) is 29.1 Å². The number of hydrogen-bond donors (Lipinski definition) is 3. The second-order valence-corrected chi connectivity index (χ2v) is 16.3. The molecule has 3 heterocycles. The summed E-state index contributed by atoms with van der Waals surface area (Å²) < 4.78 is 129. The second-order valence-electron chi connectivity index (χ2n) is 14.1. The smallest absolute Gasteiger partial charge is 0.293 e. The molecule has 19 heteroatoms. The Labute approximate surface area is 301 Å². The highest BCUT2D eigenvalue weighted by molar-refractivity contribution is 7.91. The summed E-state index contributed by atoms with van der Waals surface area (Å²) >= 11 is 0. The molecule has 3 aliphatic rings. The van der Waals surface area contributed by atoms with Crippen LogP contribution in [0, 0.1) is 23.4 Å². The number of sulfonamides is 1. The van der Waals surface area contributed by atoms with Gasteiger partial charge in [0, 0.05) is 23.1 Å². The van der Waals surface area contributed by atoms with Crippen molar-refractivity contribution in [2.45, 2.75) is 68.2 Å². The predicted molar refractivity (Wildman–Crippen MR) is 176 cm³/mol. The van der Waals surface area contributed by atoms with Crippen LogP contribution in [0.25, 0.3) is 22.2 Å². The van der Waals surface area contributed by atoms with Crippen LogP contribution in [0.4, 0.5) is 30.7 Å². The summed E-state index contributed by atoms with van der Waals surface area (Å²) in [6.07, 6.45) is -1.60. The molecule has 2 aromatic carbocycles. The summed E-state index contributed by atoms with van der Waals surface area (Å²) in [5.41, 5.74) is -1.78. The third kappa shape index (κ3) is 6.07. The van der Waals surface area contributed by atoms with Gasteiger partial charge in [-0.2, -0.15) is 19.0 Å². The van der Waals surface area contributed by atoms with Crippen LogP contribution in [0.2, 0.25) is 0 Å². The first kappa shape index (κ1) is 35.7. The summed E-state index contributed by atoms with van der Waals surface area (Å²) in [6, 6.07) is 5.96. The number of benzene rings is 2. The Balaban J connectivity index is 1.19. The first-order valence-electron chi connectivity index (χ1n) is 16.7. The van der Waals surface area contributed by atoms with E-state index in [1.54, 1.807) is 0 Å². The monoisotopic (exact) mass is 775 g/mol. The Morgan fingerprint density at radius 1 is 1.04 bits per heavy atom. The standard InChI is InChI=1S/C35H28F7N7O4S/c1-34(4-5-34)54(52,53)48-33(51)21-9-16(2-3-23(21)38)19-12-24-26(13-43-46-24)45-29(19)25(8-15-6-17(36)10-18(37)7-15)44-27(50)14-49-31-28(30(47-49)32(39)40)20-11-22(20)35(31,41)42/h2-3,6-7,9-10,12-13,20,22,25,32H,4-5,8,11,14H2,1H3,(H,43,46)(H,44,50)(H,48,51)/t20-,22?,25-/m0/s1. The lowest BCUT2D eigenvalue weighted by Gasteiger charge is -2.23. The molecule has 0 saturated heterocycles. The average molecular weight is 776 g/mol. The van der Waals surface area contributed by atoms with Gasteiger partial charge in [0.25, 0.3) is 18.3 Å². The van der Waals surface area contributed by atoms with E-state index in [9.17, 15) is 35.6 Å². The minimum Gasteiger partial charge on any atom is -0.346 e. The van der Waals surface area contributed by atoms with Crippen molar-refractivity contribution in [2.75, 3.05) is 0 Å². The maximum Gasteiger partial charge on any atom is 0.293 e. The van der Waals surface area contributed by atoms with E-state index in [0.717, 1.165) is 24.3 Å². The van der Waals surface area contributed by atoms with Crippen LogP contribution in [0.3, 0.4) is 0 Å². The van der Waals surface area contributed by atoms with Crippen LogP contribution in [0.1, 0.15) is 83.1 Å². The van der Waals surface area contributed by atoms with Gasteiger partial charge >= 0.3 is 0 Å². The van der Waals surface area contributed by atoms with E-state index in [4.69, 9.17) is 0 Å². The number of halogens is 7. The van der Waals surface area contributed by atoms with Gasteiger partial charge in [0.1, 0.15) is 40.9 Å². The molecule has 2 amide bonds. The number of amides is 2. The van der Waals surface area contributed by atoms with Crippen LogP contribution < -0.4 is 10.0 Å². The van der Waals surface area contributed by atoms with Crippen molar-refractivity contribution >= 4 is 32.9 Å². The van der Waals surface area contributed by atoms with Crippen molar-refractivity contribution in [2.24, 2.45) is 5.92 Å². The van der Waals surface area contributed by atoms with Crippen LogP contribution in [-0.2, 0) is 33.7 Å². The van der Waals surface area contributed by atoms with E-state index >= 15 is 13.2 Å². The van der Waals surface area contributed by atoms with Crippen molar-refractivity contribution in [3.05, 3.63) is 99.9 Å². The molecule has 3 atom stereocenters. The van der Waals surface area contributed by atoms with Gasteiger partial charge in [-0.3, -0.25) is 19.4 Å². The number of carbonyl (C=O) groups is 2. The highest BCUT2D eigenvalue weighted by atomic mass is 32.2. The summed E-state index contributed by atoms with van der Waals surface area (Å²) in [4.78, 5) is 31.5. The molecule has 282 valence electrons. The molecule has 2 fully saturated rings. The SMILES string of the molecule is CC1(S(=O)(=O)NC(=O)c2cc(-c3cc4[nH]ncc4nc3[C@H](Cc3cc(F)cc(F)c3)NC(=O)Cn3nc(C(F)F)c4c3C(F)(F)C3C[C@H]43)ccc2F)CC1. The predicted octanol–water partition coefficient (Wildman–Crippen LogP) is 6.10. The zero-order chi connectivity index (χ0) is 38.5. The number of pyridine rings is 1. The summed E-state index contributed by atoms with van der Waals surface area (Å²) in [6.45, 7) is 0.507. The normalized spacial score (nSPS) is 19.7. The largest absolute Gasteiger partial charge is 0.346 e. The van der Waals surface area contributed by atoms with Crippen molar-refractivity contribution in [1.82, 2.24) is 35.0 Å². The fourth-order valence-corrected chi connectivity index (χ4v) is 8.38. The first-order chi connectivity index (χ1) is 25.5. The molecule has 3 N–H and O–H groups in total. The fraction of sp³-hybridized carbons (Fsp3) is 0.343. The van der Waals surface area contributed by atoms with Crippen molar-refractivity contribution in [3.63, 3.8) is 0 Å². The van der Waals surface area contributed by atoms with Crippen LogP contribution in [0.15, 0.2) is 48.7 Å². The highest BCUT2D eigenvalue weighted by Crippen LogP contribution is 2.68. The van der Waals surface area contributed by atoms with Crippen LogP contribution >= 0.6 is 0 Å². The van der Waals surface area contributed by atoms with E-state index in [2.05, 4.69) is 25.6 Å². The lowest BCUT2D eigenvalue weighted by molar-refractivity contribution is -0.123. The number of aromatic amines is 1. The number of nitrogens with one attached hydrogen (secondary N) is 3. The number of carbonyl (C=O) groups excluding carboxylic acids is 2. The fourth-order valence-electron chi connectivity index (χ4n) is 7.14. The summed E-state index contributed by atoms with van der Waals surface area (Å²) in [5, 5.41) is 13.0. The van der Waals surface area contributed by atoms with Crippen molar-refractivity contribution in [3.8, 4) is 11.1 Å². The molecule has 1 unspecified atom stereocenters. The Hall–Kier alpha value is -5.33. The molecule has 0 aliphatic heterocycles. The van der Waals surface area contributed by atoms with Gasteiger partial charge in [-0.25, -0.2) is 40.1 Å². The van der Waals surface area contributed by atoms with E-state index in [1.807, 2.05) is 4.72 Å². The number of H-pyrrole nitrogens is 1. The van der Waals surface area contributed by atoms with Gasteiger partial charge in [-0.05, 0) is 80.0 Å². The molecule has 0 spiro atoms. The first-order valence-corrected chi connectivity index (χ1v) is 18.2. The molecule has 8 rings (SSSR count). The Morgan fingerprint density at radius 2 is 1.76 bits per heavy atom. The zero-order valence-corrected chi connectivity index (χ0v) is 28.8. The quantitative estimate of drug-likeness (QED) is 0.137. The van der Waals surface area contributed by atoms with Crippen molar-refractivity contribution < 1.29 is 48.7 Å². The van der Waals surface area contributed by atoms with Gasteiger partial charge in [-0.1, -0.05) is 6.07 Å². The Bertz CT molecular complexity index is 2480. The molecule has 3 aromatic heterocycles. The van der Waals surface area contributed by atoms with Crippen LogP contribution in [-0.4, -0.2) is 49.9 Å². The van der Waals surface area contributed by atoms with Gasteiger partial charge in [-0.15, -0.1) is 0 Å². The van der Waals surface area contributed by atoms with Gasteiger partial charge in [0.05, 0.1) is 33.8 Å².